The van der Waals surface area contributed by atoms with Crippen LogP contribution in [0.3, 0.4) is 0 Å². The molecule has 0 amide bonds. The molecule has 1 nitrogen and oxygen atoms in total. The lowest BCUT2D eigenvalue weighted by atomic mass is 10.1. The van der Waals surface area contributed by atoms with Gasteiger partial charge in [0.25, 0.3) is 0 Å². The number of fused-ring (bicyclic) bond motifs is 1. The molecule has 0 radical (unpaired) electrons. The Morgan fingerprint density at radius 1 is 1.38 bits per heavy atom. The van der Waals surface area contributed by atoms with Gasteiger partial charge in [0, 0.05) is 16.1 Å². The molecule has 2 rings (SSSR count). The minimum absolute atomic E-state index is 0.189. The highest BCUT2D eigenvalue weighted by molar-refractivity contribution is 9.10. The standard InChI is InChI=1S/C10H7BrFN/c1-6-2-3-9-8(10(6)12)4-7(11)5-13-9/h2-5H,1H3. The minimum Gasteiger partial charge on any atom is -0.255 e. The second kappa shape index (κ2) is 3.07. The van der Waals surface area contributed by atoms with Crippen LogP contribution in [0, 0.1) is 12.7 Å². The molecule has 0 aliphatic carbocycles. The molecule has 1 aromatic heterocycles. The largest absolute Gasteiger partial charge is 0.255 e. The van der Waals surface area contributed by atoms with Crippen molar-refractivity contribution in [2.24, 2.45) is 0 Å². The number of rotatable bonds is 0. The zero-order valence-electron chi connectivity index (χ0n) is 7.01. The molecular weight excluding hydrogens is 233 g/mol. The Morgan fingerprint density at radius 3 is 2.92 bits per heavy atom. The molecular formula is C10H7BrFN. The summed E-state index contributed by atoms with van der Waals surface area (Å²) in [7, 11) is 0. The van der Waals surface area contributed by atoms with E-state index >= 15 is 0 Å². The third kappa shape index (κ3) is 1.44. The van der Waals surface area contributed by atoms with Crippen molar-refractivity contribution in [3.05, 3.63) is 40.2 Å². The first-order valence-corrected chi connectivity index (χ1v) is 4.68. The van der Waals surface area contributed by atoms with Crippen molar-refractivity contribution >= 4 is 26.8 Å². The van der Waals surface area contributed by atoms with E-state index in [2.05, 4.69) is 20.9 Å². The van der Waals surface area contributed by atoms with Gasteiger partial charge in [0.05, 0.1) is 5.52 Å². The van der Waals surface area contributed by atoms with Crippen LogP contribution >= 0.6 is 15.9 Å². The van der Waals surface area contributed by atoms with Crippen molar-refractivity contribution in [1.82, 2.24) is 4.98 Å². The average molecular weight is 240 g/mol. The lowest BCUT2D eigenvalue weighted by Crippen LogP contribution is -1.87. The van der Waals surface area contributed by atoms with Gasteiger partial charge in [-0.2, -0.15) is 0 Å². The Bertz CT molecular complexity index is 462. The maximum atomic E-state index is 13.5. The van der Waals surface area contributed by atoms with Gasteiger partial charge in [-0.15, -0.1) is 0 Å². The van der Waals surface area contributed by atoms with E-state index in [-0.39, 0.29) is 5.82 Å². The summed E-state index contributed by atoms with van der Waals surface area (Å²) in [6, 6.07) is 5.30. The van der Waals surface area contributed by atoms with Gasteiger partial charge in [-0.05, 0) is 40.5 Å². The van der Waals surface area contributed by atoms with Gasteiger partial charge in [0.2, 0.25) is 0 Å². The molecule has 0 fully saturated rings. The van der Waals surface area contributed by atoms with E-state index in [4.69, 9.17) is 0 Å². The first kappa shape index (κ1) is 8.63. The predicted molar refractivity (Wildman–Crippen MR) is 54.1 cm³/mol. The molecule has 0 N–H and O–H groups in total. The smallest absolute Gasteiger partial charge is 0.135 e. The maximum absolute atomic E-state index is 13.5. The Balaban J connectivity index is 2.89. The molecule has 0 saturated heterocycles. The van der Waals surface area contributed by atoms with E-state index in [0.717, 1.165) is 4.47 Å². The maximum Gasteiger partial charge on any atom is 0.135 e. The monoisotopic (exact) mass is 239 g/mol. The van der Waals surface area contributed by atoms with Crippen molar-refractivity contribution < 1.29 is 4.39 Å². The normalized spacial score (nSPS) is 10.7. The highest BCUT2D eigenvalue weighted by Crippen LogP contribution is 2.21. The fraction of sp³-hybridized carbons (Fsp3) is 0.100. The summed E-state index contributed by atoms with van der Waals surface area (Å²) < 4.78 is 14.3. The van der Waals surface area contributed by atoms with E-state index in [1.54, 1.807) is 25.3 Å². The summed E-state index contributed by atoms with van der Waals surface area (Å²) >= 11 is 3.26. The van der Waals surface area contributed by atoms with Crippen LogP contribution in [0.4, 0.5) is 4.39 Å². The number of aromatic nitrogens is 1. The number of benzene rings is 1. The molecule has 0 aliphatic rings. The summed E-state index contributed by atoms with van der Waals surface area (Å²) in [5.41, 5.74) is 1.33. The zero-order chi connectivity index (χ0) is 9.42. The van der Waals surface area contributed by atoms with Crippen LogP contribution < -0.4 is 0 Å². The topological polar surface area (TPSA) is 12.9 Å². The molecule has 0 saturated carbocycles. The minimum atomic E-state index is -0.189. The summed E-state index contributed by atoms with van der Waals surface area (Å²) in [6.45, 7) is 1.75. The van der Waals surface area contributed by atoms with Crippen LogP contribution in [-0.2, 0) is 0 Å². The van der Waals surface area contributed by atoms with Crippen LogP contribution in [0.5, 0.6) is 0 Å². The van der Waals surface area contributed by atoms with Gasteiger partial charge in [-0.1, -0.05) is 6.07 Å². The van der Waals surface area contributed by atoms with Gasteiger partial charge in [-0.25, -0.2) is 4.39 Å². The van der Waals surface area contributed by atoms with Crippen LogP contribution in [0.25, 0.3) is 10.9 Å². The molecule has 66 valence electrons. The second-order valence-electron chi connectivity index (χ2n) is 2.92. The van der Waals surface area contributed by atoms with Gasteiger partial charge in [0.15, 0.2) is 0 Å². The lowest BCUT2D eigenvalue weighted by molar-refractivity contribution is 0.630. The Morgan fingerprint density at radius 2 is 2.15 bits per heavy atom. The van der Waals surface area contributed by atoms with Crippen LogP contribution in [0.15, 0.2) is 28.9 Å². The summed E-state index contributed by atoms with van der Waals surface area (Å²) in [5.74, 6) is -0.189. The van der Waals surface area contributed by atoms with Crippen LogP contribution in [0.2, 0.25) is 0 Å². The van der Waals surface area contributed by atoms with E-state index in [0.29, 0.717) is 16.5 Å². The summed E-state index contributed by atoms with van der Waals surface area (Å²) in [4.78, 5) is 4.10. The highest BCUT2D eigenvalue weighted by atomic mass is 79.9. The van der Waals surface area contributed by atoms with Gasteiger partial charge in [0.1, 0.15) is 5.82 Å². The van der Waals surface area contributed by atoms with E-state index < -0.39 is 0 Å². The lowest BCUT2D eigenvalue weighted by Gasteiger charge is -2.01. The quantitative estimate of drug-likeness (QED) is 0.687. The zero-order valence-corrected chi connectivity index (χ0v) is 8.60. The number of halogens is 2. The molecule has 1 heterocycles. The average Bonchev–Trinajstić information content (AvgIpc) is 2.12. The van der Waals surface area contributed by atoms with Crippen molar-refractivity contribution in [3.63, 3.8) is 0 Å². The Labute approximate surface area is 83.7 Å². The molecule has 0 aliphatic heterocycles. The van der Waals surface area contributed by atoms with Gasteiger partial charge >= 0.3 is 0 Å². The van der Waals surface area contributed by atoms with Crippen molar-refractivity contribution in [1.29, 1.82) is 0 Å². The molecule has 3 heteroatoms. The first-order chi connectivity index (χ1) is 6.18. The van der Waals surface area contributed by atoms with Gasteiger partial charge in [-0.3, -0.25) is 4.98 Å². The summed E-state index contributed by atoms with van der Waals surface area (Å²) in [6.07, 6.45) is 1.66. The highest BCUT2D eigenvalue weighted by Gasteiger charge is 2.04. The number of hydrogen-bond acceptors (Lipinski definition) is 1. The number of pyridine rings is 1. The van der Waals surface area contributed by atoms with E-state index in [1.807, 2.05) is 6.07 Å². The van der Waals surface area contributed by atoms with E-state index in [9.17, 15) is 4.39 Å². The molecule has 13 heavy (non-hydrogen) atoms. The van der Waals surface area contributed by atoms with Crippen LogP contribution in [0.1, 0.15) is 5.56 Å². The molecule has 0 spiro atoms. The predicted octanol–water partition coefficient (Wildman–Crippen LogP) is 3.44. The number of nitrogens with zero attached hydrogens (tertiary/aromatic N) is 1. The molecule has 0 atom stereocenters. The van der Waals surface area contributed by atoms with Crippen molar-refractivity contribution in [2.45, 2.75) is 6.92 Å². The van der Waals surface area contributed by atoms with E-state index in [1.165, 1.54) is 0 Å². The third-order valence-corrected chi connectivity index (χ3v) is 2.39. The molecule has 1 aromatic carbocycles. The third-order valence-electron chi connectivity index (χ3n) is 1.96. The van der Waals surface area contributed by atoms with Crippen LogP contribution in [-0.4, -0.2) is 4.98 Å². The molecule has 0 bridgehead atoms. The van der Waals surface area contributed by atoms with Crippen molar-refractivity contribution in [2.75, 3.05) is 0 Å². The fourth-order valence-electron chi connectivity index (χ4n) is 1.25. The van der Waals surface area contributed by atoms with Gasteiger partial charge < -0.3 is 0 Å². The molecule has 0 unspecified atom stereocenters. The number of aryl methyl sites for hydroxylation is 1. The SMILES string of the molecule is Cc1ccc2ncc(Br)cc2c1F. The first-order valence-electron chi connectivity index (χ1n) is 3.89. The Kier molecular flexibility index (Phi) is 2.04. The van der Waals surface area contributed by atoms with Crippen molar-refractivity contribution in [3.8, 4) is 0 Å². The second-order valence-corrected chi connectivity index (χ2v) is 3.83. The summed E-state index contributed by atoms with van der Waals surface area (Å²) in [5, 5.41) is 0.564. The fourth-order valence-corrected chi connectivity index (χ4v) is 1.58. The Hall–Kier alpha value is -0.960. The molecule has 2 aromatic rings. The number of hydrogen-bond donors (Lipinski definition) is 0.